The van der Waals surface area contributed by atoms with Gasteiger partial charge in [-0.2, -0.15) is 0 Å². The molecule has 6 aromatic carbocycles. The van der Waals surface area contributed by atoms with Crippen LogP contribution in [0.5, 0.6) is 0 Å². The van der Waals surface area contributed by atoms with Crippen molar-refractivity contribution in [1.82, 2.24) is 15.0 Å². The highest BCUT2D eigenvalue weighted by Crippen LogP contribution is 2.38. The maximum Gasteiger partial charge on any atom is 0.534 e. The van der Waals surface area contributed by atoms with E-state index in [0.29, 0.717) is 17.4 Å². The molecule has 5 nitrogen and oxygen atoms in total. The van der Waals surface area contributed by atoms with E-state index in [1.54, 1.807) is 0 Å². The zero-order valence-electron chi connectivity index (χ0n) is 24.6. The minimum atomic E-state index is -0.725. The molecule has 0 bridgehead atoms. The number of aromatic nitrogens is 3. The van der Waals surface area contributed by atoms with Gasteiger partial charge in [0.1, 0.15) is 0 Å². The molecule has 0 unspecified atom stereocenters. The van der Waals surface area contributed by atoms with E-state index >= 15 is 0 Å². The van der Waals surface area contributed by atoms with Crippen molar-refractivity contribution in [2.24, 2.45) is 0 Å². The Morgan fingerprint density at radius 1 is 0.442 bits per heavy atom. The highest BCUT2D eigenvalue weighted by Gasteiger charge is 2.53. The number of rotatable bonds is 3. The highest BCUT2D eigenvalue weighted by molar-refractivity contribution is 6.60. The zero-order chi connectivity index (χ0) is 29.3. The van der Waals surface area contributed by atoms with Crippen LogP contribution in [0.3, 0.4) is 0 Å². The van der Waals surface area contributed by atoms with Crippen LogP contribution in [0.25, 0.3) is 65.9 Å². The Bertz CT molecular complexity index is 2070. The molecule has 1 aliphatic rings. The van der Waals surface area contributed by atoms with Crippen LogP contribution in [0.15, 0.2) is 109 Å². The van der Waals surface area contributed by atoms with E-state index in [1.165, 1.54) is 21.5 Å². The van der Waals surface area contributed by atoms with Gasteiger partial charge in [0.25, 0.3) is 0 Å². The molecule has 7 aromatic rings. The van der Waals surface area contributed by atoms with Gasteiger partial charge < -0.3 is 9.31 Å². The van der Waals surface area contributed by atoms with Crippen LogP contribution < -0.4 is 5.72 Å². The van der Waals surface area contributed by atoms with Crippen LogP contribution in [0.4, 0.5) is 0 Å². The van der Waals surface area contributed by atoms with Crippen LogP contribution in [-0.2, 0) is 9.31 Å². The second-order valence-corrected chi connectivity index (χ2v) is 12.3. The molecule has 6 heteroatoms. The summed E-state index contributed by atoms with van der Waals surface area (Å²) >= 11 is 0. The lowest BCUT2D eigenvalue weighted by Gasteiger charge is -2.32. The van der Waals surface area contributed by atoms with Gasteiger partial charge in [-0.3, -0.25) is 0 Å². The summed E-state index contributed by atoms with van der Waals surface area (Å²) in [6, 6.07) is 38.2. The molecule has 0 saturated carbocycles. The average Bonchev–Trinajstić information content (AvgIpc) is 3.26. The van der Waals surface area contributed by atoms with E-state index in [0.717, 1.165) is 32.7 Å². The maximum absolute atomic E-state index is 6.45. The molecule has 0 N–H and O–H groups in total. The SMILES string of the molecule is CC1(C)OB(c2nc(-c3cccc4c3ccc3ccccc34)nc(-c3cccc4c3ccc3ccccc34)n2)OC1(C)C. The third-order valence-corrected chi connectivity index (χ3v) is 9.17. The fourth-order valence-electron chi connectivity index (χ4n) is 6.16. The molecule has 0 atom stereocenters. The highest BCUT2D eigenvalue weighted by atomic mass is 16.7. The monoisotopic (exact) mass is 559 g/mol. The van der Waals surface area contributed by atoms with Gasteiger partial charge in [-0.1, -0.05) is 109 Å². The van der Waals surface area contributed by atoms with Crippen LogP contribution in [0, 0.1) is 0 Å². The van der Waals surface area contributed by atoms with E-state index in [2.05, 4.69) is 109 Å². The smallest absolute Gasteiger partial charge is 0.397 e. The van der Waals surface area contributed by atoms with Crippen molar-refractivity contribution in [3.8, 4) is 22.8 Å². The number of hydrogen-bond acceptors (Lipinski definition) is 5. The molecule has 43 heavy (non-hydrogen) atoms. The molecule has 0 spiro atoms. The summed E-state index contributed by atoms with van der Waals surface area (Å²) in [5.41, 5.74) is 1.29. The molecular formula is C37H30BN3O2. The fraction of sp³-hybridized carbons (Fsp3) is 0.162. The number of nitrogens with zero attached hydrogens (tertiary/aromatic N) is 3. The average molecular weight is 559 g/mol. The van der Waals surface area contributed by atoms with Gasteiger partial charge in [0.05, 0.1) is 11.2 Å². The van der Waals surface area contributed by atoms with Crippen LogP contribution in [0.2, 0.25) is 0 Å². The lowest BCUT2D eigenvalue weighted by Crippen LogP contribution is -2.41. The first kappa shape index (κ1) is 26.0. The largest absolute Gasteiger partial charge is 0.534 e. The first-order valence-electron chi connectivity index (χ1n) is 14.7. The number of hydrogen-bond donors (Lipinski definition) is 0. The maximum atomic E-state index is 6.45. The van der Waals surface area contributed by atoms with Crippen molar-refractivity contribution < 1.29 is 9.31 Å². The lowest BCUT2D eigenvalue weighted by atomic mass is 9.88. The van der Waals surface area contributed by atoms with Crippen LogP contribution in [0.1, 0.15) is 27.7 Å². The molecule has 0 radical (unpaired) electrons. The minimum absolute atomic E-state index is 0.467. The summed E-state index contributed by atoms with van der Waals surface area (Å²) in [6.07, 6.45) is 0. The van der Waals surface area contributed by atoms with Crippen molar-refractivity contribution in [2.45, 2.75) is 38.9 Å². The topological polar surface area (TPSA) is 57.1 Å². The van der Waals surface area contributed by atoms with Gasteiger partial charge in [0, 0.05) is 11.1 Å². The van der Waals surface area contributed by atoms with E-state index < -0.39 is 18.3 Å². The second-order valence-electron chi connectivity index (χ2n) is 12.3. The van der Waals surface area contributed by atoms with Crippen molar-refractivity contribution in [3.63, 3.8) is 0 Å². The molecule has 0 amide bonds. The Hall–Kier alpha value is -4.65. The van der Waals surface area contributed by atoms with E-state index in [-0.39, 0.29) is 0 Å². The molecule has 2 heterocycles. The van der Waals surface area contributed by atoms with Crippen LogP contribution in [-0.4, -0.2) is 33.3 Å². The van der Waals surface area contributed by atoms with Gasteiger partial charge in [-0.05, 0) is 70.8 Å². The Morgan fingerprint density at radius 2 is 0.884 bits per heavy atom. The molecule has 1 fully saturated rings. The third-order valence-electron chi connectivity index (χ3n) is 9.17. The zero-order valence-corrected chi connectivity index (χ0v) is 24.6. The fourth-order valence-corrected chi connectivity index (χ4v) is 6.16. The van der Waals surface area contributed by atoms with E-state index in [1.807, 2.05) is 27.7 Å². The quantitative estimate of drug-likeness (QED) is 0.162. The van der Waals surface area contributed by atoms with Crippen molar-refractivity contribution in [3.05, 3.63) is 109 Å². The molecule has 0 aliphatic carbocycles. The molecule has 1 saturated heterocycles. The summed E-state index contributed by atoms with van der Waals surface area (Å²) < 4.78 is 12.9. The molecule has 1 aromatic heterocycles. The first-order valence-corrected chi connectivity index (χ1v) is 14.7. The summed E-state index contributed by atoms with van der Waals surface area (Å²) in [5.74, 6) is 1.18. The van der Waals surface area contributed by atoms with E-state index in [9.17, 15) is 0 Å². The number of benzene rings is 6. The standard InChI is InChI=1S/C37H30BN3O2/c1-36(2)37(3,4)43-38(42-36)35-40-33(31-17-9-15-27-25-13-7-5-11-23(25)19-21-29(27)31)39-34(41-35)32-18-10-16-28-26-14-8-6-12-24(26)20-22-30(28)32/h5-22H,1-4H3. The van der Waals surface area contributed by atoms with Crippen molar-refractivity contribution in [2.75, 3.05) is 0 Å². The molecular weight excluding hydrogens is 529 g/mol. The predicted octanol–water partition coefficient (Wildman–Crippen LogP) is 8.12. The normalized spacial score (nSPS) is 16.0. The Morgan fingerprint density at radius 3 is 1.37 bits per heavy atom. The lowest BCUT2D eigenvalue weighted by molar-refractivity contribution is 0.00578. The van der Waals surface area contributed by atoms with Crippen molar-refractivity contribution >= 4 is 55.9 Å². The minimum Gasteiger partial charge on any atom is -0.397 e. The Kier molecular flexibility index (Phi) is 5.71. The third kappa shape index (κ3) is 4.13. The Balaban J connectivity index is 1.39. The van der Waals surface area contributed by atoms with Crippen LogP contribution >= 0.6 is 0 Å². The van der Waals surface area contributed by atoms with E-state index in [4.69, 9.17) is 24.3 Å². The Labute approximate surface area is 250 Å². The summed E-state index contributed by atoms with van der Waals surface area (Å²) in [6.45, 7) is 8.17. The molecule has 8 rings (SSSR count). The molecule has 208 valence electrons. The van der Waals surface area contributed by atoms with Gasteiger partial charge >= 0.3 is 7.12 Å². The number of fused-ring (bicyclic) bond motifs is 6. The summed E-state index contributed by atoms with van der Waals surface area (Å²) in [5, 5.41) is 9.28. The van der Waals surface area contributed by atoms with Crippen molar-refractivity contribution in [1.29, 1.82) is 0 Å². The second kappa shape index (κ2) is 9.43. The summed E-state index contributed by atoms with van der Waals surface area (Å²) in [4.78, 5) is 15.2. The van der Waals surface area contributed by atoms with Gasteiger partial charge in [-0.25, -0.2) is 15.0 Å². The predicted molar refractivity (Wildman–Crippen MR) is 176 cm³/mol. The molecule has 1 aliphatic heterocycles. The van der Waals surface area contributed by atoms with Gasteiger partial charge in [0.15, 0.2) is 17.4 Å². The summed E-state index contributed by atoms with van der Waals surface area (Å²) in [7, 11) is -0.725. The van der Waals surface area contributed by atoms with Gasteiger partial charge in [-0.15, -0.1) is 0 Å². The first-order chi connectivity index (χ1) is 20.8. The van der Waals surface area contributed by atoms with Gasteiger partial charge in [0.2, 0.25) is 0 Å².